The maximum atomic E-state index is 11.9. The average Bonchev–Trinajstić information content (AvgIpc) is 2.47. The molecule has 0 saturated heterocycles. The first-order valence-corrected chi connectivity index (χ1v) is 6.41. The smallest absolute Gasteiger partial charge is 0.165 e. The number of ketones is 1. The van der Waals surface area contributed by atoms with E-state index in [9.17, 15) is 4.79 Å². The molecule has 4 heteroatoms. The van der Waals surface area contributed by atoms with Crippen LogP contribution in [0.2, 0.25) is 0 Å². The van der Waals surface area contributed by atoms with Crippen molar-refractivity contribution in [2.24, 2.45) is 0 Å². The van der Waals surface area contributed by atoms with Crippen LogP contribution in [0.1, 0.15) is 22.8 Å². The average molecular weight is 270 g/mol. The number of nitrogens with zero attached hydrogens (tertiary/aromatic N) is 2. The van der Waals surface area contributed by atoms with Crippen LogP contribution >= 0.6 is 0 Å². The summed E-state index contributed by atoms with van der Waals surface area (Å²) in [6.45, 7) is 2.26. The highest BCUT2D eigenvalue weighted by Gasteiger charge is 2.16. The number of anilines is 1. The van der Waals surface area contributed by atoms with E-state index in [1.807, 2.05) is 36.2 Å². The number of ether oxygens (including phenoxy) is 1. The number of aromatic nitrogens is 1. The van der Waals surface area contributed by atoms with Gasteiger partial charge < -0.3 is 9.64 Å². The Kier molecular flexibility index (Phi) is 4.35. The van der Waals surface area contributed by atoms with Crippen LogP contribution in [0.4, 0.5) is 5.69 Å². The van der Waals surface area contributed by atoms with Crippen molar-refractivity contribution >= 4 is 11.5 Å². The molecule has 0 unspecified atom stereocenters. The van der Waals surface area contributed by atoms with Gasteiger partial charge in [-0.05, 0) is 36.8 Å². The number of rotatable bonds is 5. The standard InChI is InChI=1S/C16H18N2O2/c1-12(19)16-14(5-4-6-15(16)20-3)18(2)11-13-7-9-17-10-8-13/h4-10H,11H2,1-3H3. The predicted molar refractivity (Wildman–Crippen MR) is 79.3 cm³/mol. The first-order valence-electron chi connectivity index (χ1n) is 6.41. The van der Waals surface area contributed by atoms with Gasteiger partial charge in [0, 0.05) is 26.0 Å². The molecule has 2 aromatic rings. The molecule has 0 spiro atoms. The summed E-state index contributed by atoms with van der Waals surface area (Å²) in [5.41, 5.74) is 2.63. The first kappa shape index (κ1) is 14.1. The van der Waals surface area contributed by atoms with E-state index >= 15 is 0 Å². The summed E-state index contributed by atoms with van der Waals surface area (Å²) in [7, 11) is 3.54. The summed E-state index contributed by atoms with van der Waals surface area (Å²) in [5, 5.41) is 0. The fourth-order valence-electron chi connectivity index (χ4n) is 2.21. The van der Waals surface area contributed by atoms with Gasteiger partial charge in [0.1, 0.15) is 5.75 Å². The number of benzene rings is 1. The van der Waals surface area contributed by atoms with Crippen molar-refractivity contribution in [2.75, 3.05) is 19.1 Å². The summed E-state index contributed by atoms with van der Waals surface area (Å²) in [6.07, 6.45) is 3.53. The molecule has 0 aliphatic rings. The maximum Gasteiger partial charge on any atom is 0.165 e. The molecule has 1 aromatic carbocycles. The maximum absolute atomic E-state index is 11.9. The molecule has 104 valence electrons. The van der Waals surface area contributed by atoms with Crippen LogP contribution < -0.4 is 9.64 Å². The molecule has 0 atom stereocenters. The molecular weight excluding hydrogens is 252 g/mol. The molecule has 1 aromatic heterocycles. The monoisotopic (exact) mass is 270 g/mol. The van der Waals surface area contributed by atoms with E-state index in [4.69, 9.17) is 4.74 Å². The number of methoxy groups -OCH3 is 1. The number of carbonyl (C=O) groups is 1. The molecule has 0 amide bonds. The van der Waals surface area contributed by atoms with Crippen LogP contribution in [0, 0.1) is 0 Å². The van der Waals surface area contributed by atoms with Gasteiger partial charge in [-0.1, -0.05) is 6.07 Å². The number of carbonyl (C=O) groups excluding carboxylic acids is 1. The van der Waals surface area contributed by atoms with E-state index in [2.05, 4.69) is 4.98 Å². The quantitative estimate of drug-likeness (QED) is 0.783. The fourth-order valence-corrected chi connectivity index (χ4v) is 2.21. The van der Waals surface area contributed by atoms with Crippen molar-refractivity contribution in [3.8, 4) is 5.75 Å². The molecule has 0 N–H and O–H groups in total. The Hall–Kier alpha value is -2.36. The highest BCUT2D eigenvalue weighted by Crippen LogP contribution is 2.29. The second kappa shape index (κ2) is 6.19. The van der Waals surface area contributed by atoms with Crippen molar-refractivity contribution < 1.29 is 9.53 Å². The van der Waals surface area contributed by atoms with Crippen LogP contribution in [0.25, 0.3) is 0 Å². The number of hydrogen-bond acceptors (Lipinski definition) is 4. The van der Waals surface area contributed by atoms with Gasteiger partial charge in [0.15, 0.2) is 5.78 Å². The van der Waals surface area contributed by atoms with Gasteiger partial charge in [-0.25, -0.2) is 0 Å². The molecule has 0 aliphatic heterocycles. The lowest BCUT2D eigenvalue weighted by molar-refractivity contribution is 0.101. The second-order valence-electron chi connectivity index (χ2n) is 4.62. The lowest BCUT2D eigenvalue weighted by Gasteiger charge is -2.23. The largest absolute Gasteiger partial charge is 0.496 e. The SMILES string of the molecule is COc1cccc(N(C)Cc2ccncc2)c1C(C)=O. The summed E-state index contributed by atoms with van der Waals surface area (Å²) >= 11 is 0. The Balaban J connectivity index is 2.34. The van der Waals surface area contributed by atoms with Crippen LogP contribution in [0.3, 0.4) is 0 Å². The molecule has 0 bridgehead atoms. The highest BCUT2D eigenvalue weighted by atomic mass is 16.5. The van der Waals surface area contributed by atoms with Crippen molar-refractivity contribution in [1.82, 2.24) is 4.98 Å². The predicted octanol–water partition coefficient (Wildman–Crippen LogP) is 2.93. The van der Waals surface area contributed by atoms with Gasteiger partial charge in [-0.3, -0.25) is 9.78 Å². The number of Topliss-reactive ketones (excluding diaryl/α,β-unsaturated/α-hetero) is 1. The zero-order valence-electron chi connectivity index (χ0n) is 12.0. The van der Waals surface area contributed by atoms with Crippen molar-refractivity contribution in [2.45, 2.75) is 13.5 Å². The van der Waals surface area contributed by atoms with E-state index < -0.39 is 0 Å². The summed E-state index contributed by atoms with van der Waals surface area (Å²) in [4.78, 5) is 17.9. The minimum atomic E-state index is -0.000900. The van der Waals surface area contributed by atoms with E-state index in [-0.39, 0.29) is 5.78 Å². The van der Waals surface area contributed by atoms with Gasteiger partial charge in [0.2, 0.25) is 0 Å². The molecule has 20 heavy (non-hydrogen) atoms. The number of pyridine rings is 1. The van der Waals surface area contributed by atoms with Gasteiger partial charge >= 0.3 is 0 Å². The molecule has 0 radical (unpaired) electrons. The Labute approximate surface area is 119 Å². The van der Waals surface area contributed by atoms with Gasteiger partial charge in [0.25, 0.3) is 0 Å². The topological polar surface area (TPSA) is 42.4 Å². The van der Waals surface area contributed by atoms with Gasteiger partial charge in [-0.15, -0.1) is 0 Å². The molecule has 0 saturated carbocycles. The van der Waals surface area contributed by atoms with E-state index in [0.29, 0.717) is 17.9 Å². The Morgan fingerprint density at radius 1 is 1.25 bits per heavy atom. The molecule has 0 fully saturated rings. The zero-order chi connectivity index (χ0) is 14.5. The Bertz CT molecular complexity index is 597. The second-order valence-corrected chi connectivity index (χ2v) is 4.62. The Morgan fingerprint density at radius 3 is 2.55 bits per heavy atom. The van der Waals surface area contributed by atoms with Gasteiger partial charge in [0.05, 0.1) is 18.4 Å². The Morgan fingerprint density at radius 2 is 1.95 bits per heavy atom. The summed E-state index contributed by atoms with van der Waals surface area (Å²) < 4.78 is 5.29. The van der Waals surface area contributed by atoms with Crippen molar-refractivity contribution in [3.05, 3.63) is 53.9 Å². The minimum Gasteiger partial charge on any atom is -0.496 e. The molecule has 0 aliphatic carbocycles. The van der Waals surface area contributed by atoms with Crippen LogP contribution in [0.5, 0.6) is 5.75 Å². The van der Waals surface area contributed by atoms with Crippen LogP contribution in [-0.4, -0.2) is 24.9 Å². The van der Waals surface area contributed by atoms with Gasteiger partial charge in [-0.2, -0.15) is 0 Å². The zero-order valence-corrected chi connectivity index (χ0v) is 12.0. The first-order chi connectivity index (χ1) is 9.63. The van der Waals surface area contributed by atoms with E-state index in [0.717, 1.165) is 11.3 Å². The van der Waals surface area contributed by atoms with Crippen molar-refractivity contribution in [1.29, 1.82) is 0 Å². The minimum absolute atomic E-state index is 0.000900. The fraction of sp³-hybridized carbons (Fsp3) is 0.250. The van der Waals surface area contributed by atoms with Crippen molar-refractivity contribution in [3.63, 3.8) is 0 Å². The van der Waals surface area contributed by atoms with Crippen LogP contribution in [-0.2, 0) is 6.54 Å². The molecular formula is C16H18N2O2. The summed E-state index contributed by atoms with van der Waals surface area (Å²) in [6, 6.07) is 9.55. The highest BCUT2D eigenvalue weighted by molar-refractivity contribution is 6.02. The van der Waals surface area contributed by atoms with Crippen LogP contribution in [0.15, 0.2) is 42.7 Å². The summed E-state index contributed by atoms with van der Waals surface area (Å²) in [5.74, 6) is 0.607. The lowest BCUT2D eigenvalue weighted by atomic mass is 10.1. The van der Waals surface area contributed by atoms with E-state index in [1.165, 1.54) is 0 Å². The lowest BCUT2D eigenvalue weighted by Crippen LogP contribution is -2.19. The number of hydrogen-bond donors (Lipinski definition) is 0. The molecule has 2 rings (SSSR count). The van der Waals surface area contributed by atoms with E-state index in [1.54, 1.807) is 32.5 Å². The third-order valence-corrected chi connectivity index (χ3v) is 3.16. The molecule has 1 heterocycles. The third-order valence-electron chi connectivity index (χ3n) is 3.16. The molecule has 4 nitrogen and oxygen atoms in total. The third kappa shape index (κ3) is 2.96. The normalized spacial score (nSPS) is 10.2.